The molecule has 1 N–H and O–H groups in total. The number of hydrogen-bond acceptors (Lipinski definition) is 5. The van der Waals surface area contributed by atoms with Gasteiger partial charge in [-0.2, -0.15) is 18.3 Å². The van der Waals surface area contributed by atoms with E-state index in [2.05, 4.69) is 20.4 Å². The Bertz CT molecular complexity index is 1320. The van der Waals surface area contributed by atoms with Crippen LogP contribution in [0, 0.1) is 0 Å². The van der Waals surface area contributed by atoms with Gasteiger partial charge in [-0.25, -0.2) is 9.67 Å². The van der Waals surface area contributed by atoms with Crippen LogP contribution in [0.4, 0.5) is 19.0 Å². The average molecular weight is 496 g/mol. The van der Waals surface area contributed by atoms with E-state index in [1.54, 1.807) is 36.7 Å². The molecule has 36 heavy (non-hydrogen) atoms. The summed E-state index contributed by atoms with van der Waals surface area (Å²) in [5.74, 6) is 0.319. The molecule has 4 rings (SSSR count). The monoisotopic (exact) mass is 495 g/mol. The highest BCUT2D eigenvalue weighted by molar-refractivity contribution is 6.04. The molecule has 3 heterocycles. The Hall–Kier alpha value is -4.21. The molecule has 0 spiro atoms. The van der Waals surface area contributed by atoms with Crippen LogP contribution >= 0.6 is 0 Å². The summed E-state index contributed by atoms with van der Waals surface area (Å²) in [6.07, 6.45) is 4.43. The standard InChI is InChI=1S/C26H24F3N5O2/c1-17(2)36-22-8-5-7-19(13-22)25(35)32-24-10-9-21(16-31-24)34-23(26(27,28)29)14-20(33-34)12-18-6-3-4-11-30-15-18/h4-11,13-17H,3,12H2,1-2H3,(H,31,32,35). The van der Waals surface area contributed by atoms with Gasteiger partial charge in [0, 0.05) is 24.4 Å². The van der Waals surface area contributed by atoms with Gasteiger partial charge in [-0.3, -0.25) is 9.79 Å². The summed E-state index contributed by atoms with van der Waals surface area (Å²) >= 11 is 0. The molecule has 1 aliphatic rings. The maximum atomic E-state index is 13.7. The third-order valence-electron chi connectivity index (χ3n) is 5.09. The Labute approximate surface area is 206 Å². The third kappa shape index (κ3) is 6.26. The van der Waals surface area contributed by atoms with Crippen molar-refractivity contribution in [2.24, 2.45) is 4.99 Å². The van der Waals surface area contributed by atoms with Crippen molar-refractivity contribution in [2.75, 3.05) is 5.32 Å². The molecule has 0 saturated heterocycles. The van der Waals surface area contributed by atoms with E-state index in [4.69, 9.17) is 4.74 Å². The van der Waals surface area contributed by atoms with Crippen molar-refractivity contribution in [3.05, 3.63) is 89.5 Å². The number of aromatic nitrogens is 3. The van der Waals surface area contributed by atoms with Crippen LogP contribution in [-0.2, 0) is 12.6 Å². The quantitative estimate of drug-likeness (QED) is 0.450. The fraction of sp³-hybridized carbons (Fsp3) is 0.231. The molecule has 1 aliphatic heterocycles. The molecule has 3 aromatic rings. The van der Waals surface area contributed by atoms with Gasteiger partial charge in [0.2, 0.25) is 0 Å². The second-order valence-corrected chi connectivity index (χ2v) is 8.34. The van der Waals surface area contributed by atoms with Crippen LogP contribution < -0.4 is 10.1 Å². The maximum absolute atomic E-state index is 13.7. The van der Waals surface area contributed by atoms with E-state index in [1.165, 1.54) is 18.3 Å². The van der Waals surface area contributed by atoms with Gasteiger partial charge in [0.25, 0.3) is 5.91 Å². The fourth-order valence-corrected chi connectivity index (χ4v) is 3.53. The fourth-order valence-electron chi connectivity index (χ4n) is 3.53. The normalized spacial score (nSPS) is 13.4. The molecule has 0 radical (unpaired) electrons. The molecule has 1 amide bonds. The maximum Gasteiger partial charge on any atom is 0.433 e. The average Bonchev–Trinajstić information content (AvgIpc) is 3.09. The van der Waals surface area contributed by atoms with Crippen molar-refractivity contribution in [1.82, 2.24) is 14.8 Å². The van der Waals surface area contributed by atoms with Crippen molar-refractivity contribution in [1.29, 1.82) is 0 Å². The predicted octanol–water partition coefficient (Wildman–Crippen LogP) is 5.78. The smallest absolute Gasteiger partial charge is 0.433 e. The number of carbonyl (C=O) groups excluding carboxylic acids is 1. The van der Waals surface area contributed by atoms with Gasteiger partial charge >= 0.3 is 6.18 Å². The van der Waals surface area contributed by atoms with E-state index < -0.39 is 17.8 Å². The Morgan fingerprint density at radius 3 is 2.75 bits per heavy atom. The zero-order valence-electron chi connectivity index (χ0n) is 19.7. The summed E-state index contributed by atoms with van der Waals surface area (Å²) in [5, 5.41) is 6.82. The number of benzene rings is 1. The highest BCUT2D eigenvalue weighted by Gasteiger charge is 2.36. The summed E-state index contributed by atoms with van der Waals surface area (Å²) in [7, 11) is 0. The Morgan fingerprint density at radius 1 is 1.19 bits per heavy atom. The van der Waals surface area contributed by atoms with Crippen LogP contribution in [0.5, 0.6) is 5.75 Å². The summed E-state index contributed by atoms with van der Waals surface area (Å²) < 4.78 is 47.6. The van der Waals surface area contributed by atoms with Crippen molar-refractivity contribution >= 4 is 17.9 Å². The number of alkyl halides is 3. The molecule has 0 aliphatic carbocycles. The van der Waals surface area contributed by atoms with Crippen LogP contribution in [0.2, 0.25) is 0 Å². The lowest BCUT2D eigenvalue weighted by Crippen LogP contribution is -2.15. The Morgan fingerprint density at radius 2 is 2.03 bits per heavy atom. The van der Waals surface area contributed by atoms with Gasteiger partial charge in [0.1, 0.15) is 17.3 Å². The number of ether oxygens (including phenoxy) is 1. The van der Waals surface area contributed by atoms with E-state index in [0.29, 0.717) is 17.7 Å². The number of nitrogens with one attached hydrogen (secondary N) is 1. The SMILES string of the molecule is CC(C)Oc1cccc(C(=O)Nc2ccc(-n3nc(CC4=CCC=CN=C4)cc3C(F)(F)F)cn2)c1. The van der Waals surface area contributed by atoms with E-state index in [0.717, 1.165) is 16.3 Å². The predicted molar refractivity (Wildman–Crippen MR) is 131 cm³/mol. The topological polar surface area (TPSA) is 81.4 Å². The van der Waals surface area contributed by atoms with Crippen molar-refractivity contribution < 1.29 is 22.7 Å². The van der Waals surface area contributed by atoms with Gasteiger partial charge in [0.05, 0.1) is 23.7 Å². The van der Waals surface area contributed by atoms with Crippen LogP contribution in [0.15, 0.2) is 77.6 Å². The first-order chi connectivity index (χ1) is 17.2. The first-order valence-corrected chi connectivity index (χ1v) is 11.3. The van der Waals surface area contributed by atoms with Gasteiger partial charge < -0.3 is 10.1 Å². The molecule has 0 fully saturated rings. The molecule has 0 atom stereocenters. The molecule has 0 unspecified atom stereocenters. The Balaban J connectivity index is 1.53. The Kier molecular flexibility index (Phi) is 7.33. The van der Waals surface area contributed by atoms with Crippen LogP contribution in [0.25, 0.3) is 5.69 Å². The van der Waals surface area contributed by atoms with E-state index in [-0.39, 0.29) is 29.7 Å². The van der Waals surface area contributed by atoms with Gasteiger partial charge in [-0.05, 0) is 62.2 Å². The lowest BCUT2D eigenvalue weighted by molar-refractivity contribution is -0.142. The second kappa shape index (κ2) is 10.6. The number of hydrogen-bond donors (Lipinski definition) is 1. The highest BCUT2D eigenvalue weighted by Crippen LogP contribution is 2.32. The number of aliphatic imine (C=N–C) groups is 1. The summed E-state index contributed by atoms with van der Waals surface area (Å²) in [5.41, 5.74) is 0.591. The zero-order chi connectivity index (χ0) is 25.7. The minimum Gasteiger partial charge on any atom is -0.491 e. The number of amides is 1. The van der Waals surface area contributed by atoms with E-state index >= 15 is 0 Å². The number of rotatable bonds is 7. The largest absolute Gasteiger partial charge is 0.491 e. The number of allylic oxidation sites excluding steroid dienone is 3. The van der Waals surface area contributed by atoms with Crippen LogP contribution in [0.1, 0.15) is 42.0 Å². The molecular weight excluding hydrogens is 471 g/mol. The molecular formula is C26H24F3N5O2. The van der Waals surface area contributed by atoms with E-state index in [1.807, 2.05) is 26.0 Å². The van der Waals surface area contributed by atoms with Crippen LogP contribution in [0.3, 0.4) is 0 Å². The lowest BCUT2D eigenvalue weighted by atomic mass is 10.1. The summed E-state index contributed by atoms with van der Waals surface area (Å²) in [6, 6.07) is 10.5. The van der Waals surface area contributed by atoms with Gasteiger partial charge in [0.15, 0.2) is 0 Å². The number of halogens is 3. The van der Waals surface area contributed by atoms with Crippen LogP contribution in [-0.4, -0.2) is 33.0 Å². The van der Waals surface area contributed by atoms with Crippen molar-refractivity contribution in [3.8, 4) is 11.4 Å². The molecule has 0 bridgehead atoms. The van der Waals surface area contributed by atoms with Gasteiger partial charge in [-0.1, -0.05) is 18.2 Å². The number of pyridine rings is 1. The summed E-state index contributed by atoms with van der Waals surface area (Å²) in [4.78, 5) is 20.8. The first kappa shape index (κ1) is 24.9. The number of carbonyl (C=O) groups is 1. The van der Waals surface area contributed by atoms with Crippen molar-refractivity contribution in [2.45, 2.75) is 39.0 Å². The molecule has 7 nitrogen and oxygen atoms in total. The number of anilines is 1. The van der Waals surface area contributed by atoms with Gasteiger partial charge in [-0.15, -0.1) is 0 Å². The molecule has 10 heteroatoms. The second-order valence-electron chi connectivity index (χ2n) is 8.34. The number of nitrogens with zero attached hydrogens (tertiary/aromatic N) is 4. The third-order valence-corrected chi connectivity index (χ3v) is 5.09. The van der Waals surface area contributed by atoms with E-state index in [9.17, 15) is 18.0 Å². The summed E-state index contributed by atoms with van der Waals surface area (Å²) in [6.45, 7) is 3.76. The molecule has 0 saturated carbocycles. The highest BCUT2D eigenvalue weighted by atomic mass is 19.4. The minimum absolute atomic E-state index is 0.0454. The zero-order valence-corrected chi connectivity index (χ0v) is 19.7. The lowest BCUT2D eigenvalue weighted by Gasteiger charge is -2.12. The molecule has 186 valence electrons. The molecule has 2 aromatic heterocycles. The van der Waals surface area contributed by atoms with Crippen molar-refractivity contribution in [3.63, 3.8) is 0 Å². The first-order valence-electron chi connectivity index (χ1n) is 11.3. The molecule has 1 aromatic carbocycles. The minimum atomic E-state index is -4.62.